The molecule has 2 fully saturated rings. The monoisotopic (exact) mass is 336 g/mol. The van der Waals surface area contributed by atoms with Crippen LogP contribution in [0.25, 0.3) is 0 Å². The molecule has 1 aliphatic heterocycles. The summed E-state index contributed by atoms with van der Waals surface area (Å²) in [5.41, 5.74) is 2.88. The summed E-state index contributed by atoms with van der Waals surface area (Å²) < 4.78 is 1.19. The van der Waals surface area contributed by atoms with Gasteiger partial charge in [0.05, 0.1) is 0 Å². The van der Waals surface area contributed by atoms with Gasteiger partial charge in [0.25, 0.3) is 0 Å². The minimum Gasteiger partial charge on any atom is -0.368 e. The van der Waals surface area contributed by atoms with Crippen molar-refractivity contribution in [1.29, 1.82) is 0 Å². The summed E-state index contributed by atoms with van der Waals surface area (Å²) in [4.78, 5) is 2.70. The molecule has 3 unspecified atom stereocenters. The van der Waals surface area contributed by atoms with Crippen LogP contribution in [0.1, 0.15) is 50.6 Å². The predicted molar refractivity (Wildman–Crippen MR) is 89.3 cm³/mol. The topological polar surface area (TPSA) is 15.3 Å². The molecule has 0 radical (unpaired) electrons. The molecule has 0 aromatic heterocycles. The minimum atomic E-state index is 0.403. The van der Waals surface area contributed by atoms with Gasteiger partial charge < -0.3 is 10.2 Å². The largest absolute Gasteiger partial charge is 0.368 e. The van der Waals surface area contributed by atoms with Crippen molar-refractivity contribution < 1.29 is 0 Å². The van der Waals surface area contributed by atoms with Crippen molar-refractivity contribution in [2.45, 2.75) is 51.1 Å². The van der Waals surface area contributed by atoms with Crippen LogP contribution in [0.4, 0.5) is 5.69 Å². The molecule has 0 bridgehead atoms. The van der Waals surface area contributed by atoms with Gasteiger partial charge in [-0.15, -0.1) is 0 Å². The zero-order valence-electron chi connectivity index (χ0n) is 12.5. The third kappa shape index (κ3) is 2.62. The van der Waals surface area contributed by atoms with E-state index in [0.717, 1.165) is 12.0 Å². The van der Waals surface area contributed by atoms with E-state index in [9.17, 15) is 0 Å². The Morgan fingerprint density at radius 3 is 2.85 bits per heavy atom. The van der Waals surface area contributed by atoms with Crippen LogP contribution in [0, 0.1) is 5.92 Å². The van der Waals surface area contributed by atoms with E-state index in [4.69, 9.17) is 0 Å². The fourth-order valence-corrected chi connectivity index (χ4v) is 4.39. The van der Waals surface area contributed by atoms with E-state index in [2.05, 4.69) is 51.3 Å². The van der Waals surface area contributed by atoms with Crippen LogP contribution in [0.15, 0.2) is 22.7 Å². The summed E-state index contributed by atoms with van der Waals surface area (Å²) in [5, 5.41) is 3.40. The van der Waals surface area contributed by atoms with Crippen molar-refractivity contribution in [3.8, 4) is 0 Å². The highest BCUT2D eigenvalue weighted by molar-refractivity contribution is 9.10. The van der Waals surface area contributed by atoms with E-state index >= 15 is 0 Å². The standard InChI is InChI=1S/C17H25BrN2/c1-12(19-2)15-9-8-14(18)11-17(15)20-10-4-6-13-5-3-7-16(13)20/h8-9,11-13,16,19H,3-7,10H2,1-2H3. The Balaban J connectivity index is 1.97. The zero-order chi connectivity index (χ0) is 14.1. The van der Waals surface area contributed by atoms with E-state index in [1.807, 2.05) is 7.05 Å². The Kier molecular flexibility index (Phi) is 4.37. The van der Waals surface area contributed by atoms with E-state index in [0.29, 0.717) is 6.04 Å². The first-order chi connectivity index (χ1) is 9.70. The lowest BCUT2D eigenvalue weighted by Crippen LogP contribution is -2.43. The number of hydrogen-bond acceptors (Lipinski definition) is 2. The Morgan fingerprint density at radius 2 is 2.05 bits per heavy atom. The molecule has 1 saturated heterocycles. The first-order valence-electron chi connectivity index (χ1n) is 7.94. The Bertz CT molecular complexity index is 474. The Hall–Kier alpha value is -0.540. The summed E-state index contributed by atoms with van der Waals surface area (Å²) in [5.74, 6) is 0.931. The second kappa shape index (κ2) is 6.07. The molecule has 1 heterocycles. The first kappa shape index (κ1) is 14.4. The van der Waals surface area contributed by atoms with Crippen LogP contribution in [0.3, 0.4) is 0 Å². The van der Waals surface area contributed by atoms with Crippen LogP contribution in [0.2, 0.25) is 0 Å². The van der Waals surface area contributed by atoms with Crippen molar-refractivity contribution in [3.05, 3.63) is 28.2 Å². The van der Waals surface area contributed by atoms with Gasteiger partial charge in [0.1, 0.15) is 0 Å². The molecule has 110 valence electrons. The van der Waals surface area contributed by atoms with E-state index in [-0.39, 0.29) is 0 Å². The molecule has 1 N–H and O–H groups in total. The van der Waals surface area contributed by atoms with E-state index in [1.165, 1.54) is 54.4 Å². The molecule has 1 saturated carbocycles. The molecule has 20 heavy (non-hydrogen) atoms. The fourth-order valence-electron chi connectivity index (χ4n) is 4.04. The number of nitrogens with one attached hydrogen (secondary N) is 1. The summed E-state index contributed by atoms with van der Waals surface area (Å²) in [6, 6.07) is 7.95. The SMILES string of the molecule is CNC(C)c1ccc(Br)cc1N1CCCC2CCCC21. The molecule has 3 atom stereocenters. The van der Waals surface area contributed by atoms with Gasteiger partial charge in [-0.3, -0.25) is 0 Å². The number of fused-ring (bicyclic) bond motifs is 1. The maximum Gasteiger partial charge on any atom is 0.0428 e. The maximum atomic E-state index is 3.66. The van der Waals surface area contributed by atoms with Crippen molar-refractivity contribution in [1.82, 2.24) is 5.32 Å². The highest BCUT2D eigenvalue weighted by atomic mass is 79.9. The highest BCUT2D eigenvalue weighted by Crippen LogP contribution is 2.41. The van der Waals surface area contributed by atoms with Crippen molar-refractivity contribution in [2.75, 3.05) is 18.5 Å². The minimum absolute atomic E-state index is 0.403. The van der Waals surface area contributed by atoms with E-state index < -0.39 is 0 Å². The molecule has 1 aliphatic carbocycles. The summed E-state index contributed by atoms with van der Waals surface area (Å²) in [6.07, 6.45) is 7.01. The summed E-state index contributed by atoms with van der Waals surface area (Å²) >= 11 is 3.66. The van der Waals surface area contributed by atoms with Crippen molar-refractivity contribution in [2.24, 2.45) is 5.92 Å². The number of rotatable bonds is 3. The van der Waals surface area contributed by atoms with Gasteiger partial charge in [0.2, 0.25) is 0 Å². The number of benzene rings is 1. The second-order valence-electron chi connectivity index (χ2n) is 6.31. The van der Waals surface area contributed by atoms with Gasteiger partial charge in [0, 0.05) is 28.8 Å². The Morgan fingerprint density at radius 1 is 1.25 bits per heavy atom. The molecular formula is C17H25BrN2. The molecule has 0 spiro atoms. The smallest absolute Gasteiger partial charge is 0.0428 e. The summed E-state index contributed by atoms with van der Waals surface area (Å²) in [7, 11) is 2.05. The van der Waals surface area contributed by atoms with Crippen LogP contribution in [-0.4, -0.2) is 19.6 Å². The number of halogens is 1. The Labute approximate surface area is 131 Å². The average Bonchev–Trinajstić information content (AvgIpc) is 2.94. The lowest BCUT2D eigenvalue weighted by Gasteiger charge is -2.41. The average molecular weight is 337 g/mol. The van der Waals surface area contributed by atoms with Crippen molar-refractivity contribution in [3.63, 3.8) is 0 Å². The molecule has 1 aromatic carbocycles. The van der Waals surface area contributed by atoms with Gasteiger partial charge in [-0.2, -0.15) is 0 Å². The number of anilines is 1. The summed E-state index contributed by atoms with van der Waals surface area (Å²) in [6.45, 7) is 3.48. The maximum absolute atomic E-state index is 3.66. The van der Waals surface area contributed by atoms with Gasteiger partial charge >= 0.3 is 0 Å². The highest BCUT2D eigenvalue weighted by Gasteiger charge is 2.36. The number of piperidine rings is 1. The third-order valence-electron chi connectivity index (χ3n) is 5.19. The predicted octanol–water partition coefficient (Wildman–Crippen LogP) is 4.50. The van der Waals surface area contributed by atoms with E-state index in [1.54, 1.807) is 0 Å². The fraction of sp³-hybridized carbons (Fsp3) is 0.647. The van der Waals surface area contributed by atoms with Gasteiger partial charge in [-0.25, -0.2) is 0 Å². The molecule has 2 aliphatic rings. The van der Waals surface area contributed by atoms with Gasteiger partial charge in [-0.05, 0) is 63.3 Å². The molecule has 0 amide bonds. The quantitative estimate of drug-likeness (QED) is 0.874. The normalized spacial score (nSPS) is 27.4. The molecule has 3 heteroatoms. The van der Waals surface area contributed by atoms with Gasteiger partial charge in [-0.1, -0.05) is 28.4 Å². The molecule has 1 aromatic rings. The van der Waals surface area contributed by atoms with Crippen LogP contribution in [-0.2, 0) is 0 Å². The van der Waals surface area contributed by atoms with Gasteiger partial charge in [0.15, 0.2) is 0 Å². The van der Waals surface area contributed by atoms with Crippen molar-refractivity contribution >= 4 is 21.6 Å². The second-order valence-corrected chi connectivity index (χ2v) is 7.22. The molecule has 3 rings (SSSR count). The lowest BCUT2D eigenvalue weighted by molar-refractivity contribution is 0.361. The number of hydrogen-bond donors (Lipinski definition) is 1. The van der Waals surface area contributed by atoms with Crippen LogP contribution in [0.5, 0.6) is 0 Å². The lowest BCUT2D eigenvalue weighted by atomic mass is 9.90. The number of nitrogens with zero attached hydrogens (tertiary/aromatic N) is 1. The zero-order valence-corrected chi connectivity index (χ0v) is 14.1. The molecular weight excluding hydrogens is 312 g/mol. The third-order valence-corrected chi connectivity index (χ3v) is 5.69. The van der Waals surface area contributed by atoms with Crippen LogP contribution >= 0.6 is 15.9 Å². The first-order valence-corrected chi connectivity index (χ1v) is 8.73. The molecule has 2 nitrogen and oxygen atoms in total. The van der Waals surface area contributed by atoms with Crippen LogP contribution < -0.4 is 10.2 Å².